The van der Waals surface area contributed by atoms with Crippen molar-refractivity contribution in [2.75, 3.05) is 66.0 Å². The van der Waals surface area contributed by atoms with Crippen LogP contribution in [0.5, 0.6) is 0 Å². The molecule has 1 saturated heterocycles. The molecule has 1 unspecified atom stereocenters. The van der Waals surface area contributed by atoms with Crippen LogP contribution in [0.2, 0.25) is 0 Å². The van der Waals surface area contributed by atoms with Gasteiger partial charge in [-0.25, -0.2) is 4.79 Å². The van der Waals surface area contributed by atoms with Crippen LogP contribution < -0.4 is 10.6 Å². The molecule has 1 aliphatic rings. The number of piperazine rings is 1. The summed E-state index contributed by atoms with van der Waals surface area (Å²) in [4.78, 5) is 23.1. The number of amides is 1. The van der Waals surface area contributed by atoms with Gasteiger partial charge in [-0.1, -0.05) is 13.8 Å². The molecule has 1 rings (SSSR count). The highest BCUT2D eigenvalue weighted by atomic mass is 16.6. The van der Waals surface area contributed by atoms with E-state index in [4.69, 9.17) is 4.74 Å². The predicted molar refractivity (Wildman–Crippen MR) is 125 cm³/mol. The molecule has 1 amide bonds. The zero-order valence-electron chi connectivity index (χ0n) is 20.5. The number of hydrogen-bond acceptors (Lipinski definition) is 5. The highest BCUT2D eigenvalue weighted by molar-refractivity contribution is 5.79. The number of ether oxygens (including phenoxy) is 1. The van der Waals surface area contributed by atoms with Gasteiger partial charge in [0.15, 0.2) is 5.96 Å². The molecule has 1 aliphatic heterocycles. The van der Waals surface area contributed by atoms with E-state index in [1.165, 1.54) is 6.42 Å². The SMILES string of the molecule is CCN(CC)CCCC(C)NC(=NC)NCCN1CCN(C(=O)OC(C)(C)C)CC1. The molecular weight excluding hydrogens is 380 g/mol. The minimum absolute atomic E-state index is 0.208. The summed E-state index contributed by atoms with van der Waals surface area (Å²) in [7, 11) is 1.82. The number of hydrogen-bond donors (Lipinski definition) is 2. The summed E-state index contributed by atoms with van der Waals surface area (Å²) in [6.07, 6.45) is 2.11. The second-order valence-electron chi connectivity index (χ2n) is 9.02. The van der Waals surface area contributed by atoms with Crippen LogP contribution in [-0.2, 0) is 4.74 Å². The maximum Gasteiger partial charge on any atom is 0.410 e. The number of nitrogens with zero attached hydrogens (tertiary/aromatic N) is 4. The van der Waals surface area contributed by atoms with Crippen LogP contribution in [0.4, 0.5) is 4.79 Å². The van der Waals surface area contributed by atoms with Gasteiger partial charge in [0.2, 0.25) is 0 Å². The van der Waals surface area contributed by atoms with Gasteiger partial charge < -0.3 is 25.2 Å². The Labute approximate surface area is 184 Å². The van der Waals surface area contributed by atoms with Gasteiger partial charge in [-0.2, -0.15) is 0 Å². The Hall–Kier alpha value is -1.54. The predicted octanol–water partition coefficient (Wildman–Crippen LogP) is 2.21. The van der Waals surface area contributed by atoms with Crippen molar-refractivity contribution >= 4 is 12.1 Å². The van der Waals surface area contributed by atoms with Crippen LogP contribution in [0.1, 0.15) is 54.4 Å². The molecule has 2 N–H and O–H groups in total. The third-order valence-electron chi connectivity index (χ3n) is 5.36. The zero-order valence-corrected chi connectivity index (χ0v) is 20.5. The van der Waals surface area contributed by atoms with Gasteiger partial charge in [-0.05, 0) is 60.2 Å². The fourth-order valence-electron chi connectivity index (χ4n) is 3.47. The zero-order chi connectivity index (χ0) is 22.6. The fourth-order valence-corrected chi connectivity index (χ4v) is 3.47. The first kappa shape index (κ1) is 26.5. The van der Waals surface area contributed by atoms with Gasteiger partial charge in [0.1, 0.15) is 5.60 Å². The van der Waals surface area contributed by atoms with Crippen LogP contribution in [-0.4, -0.2) is 104 Å². The molecule has 0 aromatic heterocycles. The van der Waals surface area contributed by atoms with E-state index in [1.807, 2.05) is 27.8 Å². The maximum absolute atomic E-state index is 12.2. The Morgan fingerprint density at radius 2 is 1.80 bits per heavy atom. The van der Waals surface area contributed by atoms with Crippen molar-refractivity contribution < 1.29 is 9.53 Å². The van der Waals surface area contributed by atoms with Crippen molar-refractivity contribution in [3.8, 4) is 0 Å². The van der Waals surface area contributed by atoms with E-state index in [0.29, 0.717) is 19.1 Å². The fraction of sp³-hybridized carbons (Fsp3) is 0.909. The van der Waals surface area contributed by atoms with Gasteiger partial charge in [-0.15, -0.1) is 0 Å². The van der Waals surface area contributed by atoms with Gasteiger partial charge in [0, 0.05) is 52.4 Å². The quantitative estimate of drug-likeness (QED) is 0.412. The molecule has 0 bridgehead atoms. The van der Waals surface area contributed by atoms with Crippen molar-refractivity contribution in [3.05, 3.63) is 0 Å². The van der Waals surface area contributed by atoms with E-state index in [1.54, 1.807) is 4.90 Å². The Balaban J connectivity index is 2.22. The van der Waals surface area contributed by atoms with E-state index < -0.39 is 5.60 Å². The molecule has 30 heavy (non-hydrogen) atoms. The number of aliphatic imine (C=N–C) groups is 1. The van der Waals surface area contributed by atoms with E-state index >= 15 is 0 Å². The number of guanidine groups is 1. The van der Waals surface area contributed by atoms with Crippen LogP contribution in [0.3, 0.4) is 0 Å². The number of carbonyl (C=O) groups excluding carboxylic acids is 1. The molecule has 0 aliphatic carbocycles. The van der Waals surface area contributed by atoms with Crippen LogP contribution in [0.15, 0.2) is 4.99 Å². The first-order valence-electron chi connectivity index (χ1n) is 11.6. The van der Waals surface area contributed by atoms with Crippen molar-refractivity contribution in [2.45, 2.75) is 66.0 Å². The summed E-state index contributed by atoms with van der Waals surface area (Å²) in [6, 6.07) is 0.393. The third-order valence-corrected chi connectivity index (χ3v) is 5.36. The van der Waals surface area contributed by atoms with Crippen molar-refractivity contribution in [3.63, 3.8) is 0 Å². The van der Waals surface area contributed by atoms with Gasteiger partial charge in [-0.3, -0.25) is 9.89 Å². The van der Waals surface area contributed by atoms with Crippen molar-refractivity contribution in [2.24, 2.45) is 4.99 Å². The number of rotatable bonds is 10. The molecule has 1 heterocycles. The second-order valence-corrected chi connectivity index (χ2v) is 9.02. The summed E-state index contributed by atoms with van der Waals surface area (Å²) >= 11 is 0. The van der Waals surface area contributed by atoms with E-state index in [-0.39, 0.29) is 6.09 Å². The topological polar surface area (TPSA) is 72.4 Å². The lowest BCUT2D eigenvalue weighted by Crippen LogP contribution is -2.52. The number of nitrogens with one attached hydrogen (secondary N) is 2. The van der Waals surface area contributed by atoms with E-state index in [9.17, 15) is 4.79 Å². The lowest BCUT2D eigenvalue weighted by atomic mass is 10.2. The van der Waals surface area contributed by atoms with Gasteiger partial charge >= 0.3 is 6.09 Å². The van der Waals surface area contributed by atoms with Crippen LogP contribution in [0.25, 0.3) is 0 Å². The number of carbonyl (C=O) groups is 1. The molecule has 8 nitrogen and oxygen atoms in total. The molecule has 0 aromatic carbocycles. The monoisotopic (exact) mass is 426 g/mol. The summed E-state index contributed by atoms with van der Waals surface area (Å²) in [5.41, 5.74) is -0.441. The summed E-state index contributed by atoms with van der Waals surface area (Å²) in [5, 5.41) is 6.91. The average molecular weight is 427 g/mol. The third kappa shape index (κ3) is 11.0. The Bertz CT molecular complexity index is 508. The van der Waals surface area contributed by atoms with E-state index in [0.717, 1.165) is 58.2 Å². The first-order chi connectivity index (χ1) is 14.2. The van der Waals surface area contributed by atoms with E-state index in [2.05, 4.69) is 46.2 Å². The lowest BCUT2D eigenvalue weighted by molar-refractivity contribution is 0.0147. The standard InChI is InChI=1S/C22H46N6O2/c1-8-26(9-2)13-10-11-19(3)25-20(23-7)24-12-14-27-15-17-28(18-16-27)21(29)30-22(4,5)6/h19H,8-18H2,1-7H3,(H2,23,24,25). The Morgan fingerprint density at radius 3 is 2.33 bits per heavy atom. The van der Waals surface area contributed by atoms with Gasteiger partial charge in [0.05, 0.1) is 0 Å². The van der Waals surface area contributed by atoms with Crippen molar-refractivity contribution in [1.29, 1.82) is 0 Å². The molecular formula is C22H46N6O2. The summed E-state index contributed by atoms with van der Waals surface area (Å²) < 4.78 is 5.46. The molecule has 0 spiro atoms. The highest BCUT2D eigenvalue weighted by Gasteiger charge is 2.25. The van der Waals surface area contributed by atoms with Crippen LogP contribution >= 0.6 is 0 Å². The normalized spacial score (nSPS) is 17.2. The molecule has 176 valence electrons. The largest absolute Gasteiger partial charge is 0.444 e. The van der Waals surface area contributed by atoms with Crippen molar-refractivity contribution in [1.82, 2.24) is 25.3 Å². The minimum Gasteiger partial charge on any atom is -0.444 e. The molecule has 1 fully saturated rings. The summed E-state index contributed by atoms with van der Waals surface area (Å²) in [5.74, 6) is 0.859. The highest BCUT2D eigenvalue weighted by Crippen LogP contribution is 2.11. The lowest BCUT2D eigenvalue weighted by Gasteiger charge is -2.35. The first-order valence-corrected chi connectivity index (χ1v) is 11.6. The average Bonchev–Trinajstić information content (AvgIpc) is 2.69. The van der Waals surface area contributed by atoms with Crippen LogP contribution in [0, 0.1) is 0 Å². The molecule has 0 radical (unpaired) electrons. The second kappa shape index (κ2) is 13.7. The Kier molecular flexibility index (Phi) is 12.1. The van der Waals surface area contributed by atoms with Gasteiger partial charge in [0.25, 0.3) is 0 Å². The minimum atomic E-state index is -0.441. The smallest absolute Gasteiger partial charge is 0.410 e. The summed E-state index contributed by atoms with van der Waals surface area (Å²) in [6.45, 7) is 20.7. The molecule has 8 heteroatoms. The molecule has 0 saturated carbocycles. The molecule has 0 aromatic rings. The Morgan fingerprint density at radius 1 is 1.17 bits per heavy atom. The maximum atomic E-state index is 12.2. The molecule has 1 atom stereocenters.